The number of benzene rings is 2. The van der Waals surface area contributed by atoms with Gasteiger partial charge in [-0.15, -0.1) is 0 Å². The predicted octanol–water partition coefficient (Wildman–Crippen LogP) is 4.56. The van der Waals surface area contributed by atoms with Gasteiger partial charge in [-0.1, -0.05) is 36.2 Å². The van der Waals surface area contributed by atoms with Crippen LogP contribution < -0.4 is 14.1 Å². The number of likely N-dealkylation sites (tertiary alicyclic amines) is 1. The summed E-state index contributed by atoms with van der Waals surface area (Å²) in [6, 6.07) is 14.6. The van der Waals surface area contributed by atoms with E-state index in [2.05, 4.69) is 59.6 Å². The first kappa shape index (κ1) is 22.4. The molecule has 2 aromatic rings. The summed E-state index contributed by atoms with van der Waals surface area (Å²) in [5, 5.41) is 0. The molecule has 5 heteroatoms. The van der Waals surface area contributed by atoms with E-state index in [9.17, 15) is 0 Å². The van der Waals surface area contributed by atoms with Crippen LogP contribution in [0.4, 0.5) is 0 Å². The minimum Gasteiger partial charge on any atom is -0.486 e. The fraction of sp³-hybridized carbons (Fsp3) is 0.481. The highest BCUT2D eigenvalue weighted by molar-refractivity contribution is 5.94. The summed E-state index contributed by atoms with van der Waals surface area (Å²) in [6.07, 6.45) is 6.82. The maximum absolute atomic E-state index is 6.51. The second kappa shape index (κ2) is 11.2. The van der Waals surface area contributed by atoms with Gasteiger partial charge >= 0.3 is 5.90 Å². The van der Waals surface area contributed by atoms with E-state index < -0.39 is 0 Å². The Balaban J connectivity index is 1.52. The summed E-state index contributed by atoms with van der Waals surface area (Å²) in [7, 11) is 0. The van der Waals surface area contributed by atoms with Crippen molar-refractivity contribution in [1.82, 2.24) is 9.57 Å². The first-order chi connectivity index (χ1) is 15.8. The molecule has 0 radical (unpaired) electrons. The van der Waals surface area contributed by atoms with Crippen LogP contribution in [0.15, 0.2) is 42.5 Å². The highest BCUT2D eigenvalue weighted by Crippen LogP contribution is 2.35. The van der Waals surface area contributed by atoms with Gasteiger partial charge in [0.1, 0.15) is 24.9 Å². The van der Waals surface area contributed by atoms with Crippen LogP contribution in [-0.4, -0.2) is 50.4 Å². The number of aryl methyl sites for hydroxylation is 1. The van der Waals surface area contributed by atoms with Gasteiger partial charge in [-0.3, -0.25) is 0 Å². The fourth-order valence-corrected chi connectivity index (χ4v) is 4.39. The smallest absolute Gasteiger partial charge is 0.486 e. The molecule has 1 saturated heterocycles. The summed E-state index contributed by atoms with van der Waals surface area (Å²) in [5.74, 6) is 2.16. The van der Waals surface area contributed by atoms with Crippen LogP contribution in [0.3, 0.4) is 0 Å². The number of ether oxygens (including phenoxy) is 3. The maximum Gasteiger partial charge on any atom is 0.494 e. The third kappa shape index (κ3) is 5.73. The maximum atomic E-state index is 6.51. The summed E-state index contributed by atoms with van der Waals surface area (Å²) in [6.45, 7) is 10.5. The van der Waals surface area contributed by atoms with Gasteiger partial charge in [-0.25, -0.2) is 0 Å². The molecule has 2 aliphatic rings. The lowest BCUT2D eigenvalue weighted by atomic mass is 10.0. The van der Waals surface area contributed by atoms with E-state index in [0.717, 1.165) is 42.0 Å². The van der Waals surface area contributed by atoms with Crippen LogP contribution in [0.25, 0.3) is 0 Å². The molecular weight excluding hydrogens is 400 g/mol. The molecule has 0 spiro atoms. The number of hydrogen-bond donors (Lipinski definition) is 0. The number of unbranched alkanes of at least 4 members (excludes halogenated alkanes) is 1. The Kier molecular flexibility index (Phi) is 7.87. The average Bonchev–Trinajstić information content (AvgIpc) is 3.37. The van der Waals surface area contributed by atoms with E-state index in [1.807, 2.05) is 6.07 Å². The van der Waals surface area contributed by atoms with Crippen molar-refractivity contribution in [1.29, 1.82) is 0 Å². The molecule has 2 aliphatic heterocycles. The van der Waals surface area contributed by atoms with Crippen LogP contribution in [0.1, 0.15) is 61.8 Å². The molecule has 0 amide bonds. The van der Waals surface area contributed by atoms with Crippen molar-refractivity contribution in [2.24, 2.45) is 0 Å². The fourth-order valence-electron chi connectivity index (χ4n) is 4.39. The van der Waals surface area contributed by atoms with Gasteiger partial charge in [0, 0.05) is 13.0 Å². The van der Waals surface area contributed by atoms with Crippen LogP contribution in [0.5, 0.6) is 11.5 Å². The number of rotatable bonds is 9. The molecule has 2 heterocycles. The monoisotopic (exact) mass is 435 g/mol. The van der Waals surface area contributed by atoms with E-state index in [0.29, 0.717) is 19.1 Å². The zero-order valence-electron chi connectivity index (χ0n) is 19.2. The van der Waals surface area contributed by atoms with Crippen molar-refractivity contribution in [3.63, 3.8) is 0 Å². The topological polar surface area (TPSA) is 45.0 Å². The Hall–Kier alpha value is -2.75. The molecule has 170 valence electrons. The largest absolute Gasteiger partial charge is 0.494 e. The summed E-state index contributed by atoms with van der Waals surface area (Å²) in [4.78, 5) is 2.51. The van der Waals surface area contributed by atoms with Crippen LogP contribution in [0, 0.1) is 0 Å². The third-order valence-electron chi connectivity index (χ3n) is 6.26. The lowest BCUT2D eigenvalue weighted by molar-refractivity contribution is 0.156. The third-order valence-corrected chi connectivity index (χ3v) is 6.26. The van der Waals surface area contributed by atoms with Crippen molar-refractivity contribution >= 4 is 12.6 Å². The summed E-state index contributed by atoms with van der Waals surface area (Å²) < 4.78 is 22.3. The molecule has 0 saturated carbocycles. The molecule has 0 aromatic heterocycles. The Labute approximate surface area is 191 Å². The van der Waals surface area contributed by atoms with Crippen molar-refractivity contribution in [3.05, 3.63) is 59.2 Å². The van der Waals surface area contributed by atoms with Crippen molar-refractivity contribution in [2.45, 2.75) is 51.6 Å². The Morgan fingerprint density at radius 2 is 1.81 bits per heavy atom. The van der Waals surface area contributed by atoms with Crippen LogP contribution >= 0.6 is 0 Å². The molecule has 4 rings (SSSR count). The lowest BCUT2D eigenvalue weighted by Crippen LogP contribution is -2.24. The average molecular weight is 436 g/mol. The normalized spacial score (nSPS) is 16.4. The molecule has 2 aromatic carbocycles. The molecule has 1 fully saturated rings. The summed E-state index contributed by atoms with van der Waals surface area (Å²) >= 11 is 0. The van der Waals surface area contributed by atoms with Crippen molar-refractivity contribution in [3.8, 4) is 11.5 Å². The molecule has 0 aliphatic carbocycles. The van der Waals surface area contributed by atoms with Gasteiger partial charge < -0.3 is 19.1 Å². The van der Waals surface area contributed by atoms with Crippen LogP contribution in [-0.2, 0) is 11.2 Å². The molecule has 32 heavy (non-hydrogen) atoms. The van der Waals surface area contributed by atoms with Gasteiger partial charge in [0.2, 0.25) is 0 Å². The second-order valence-electron chi connectivity index (χ2n) is 8.61. The minimum absolute atomic E-state index is 0.133. The molecule has 1 unspecified atom stereocenters. The lowest BCUT2D eigenvalue weighted by Gasteiger charge is -2.23. The van der Waals surface area contributed by atoms with Crippen LogP contribution in [0.2, 0.25) is 0 Å². The minimum atomic E-state index is -0.133. The van der Waals surface area contributed by atoms with E-state index in [4.69, 9.17) is 14.2 Å². The zero-order chi connectivity index (χ0) is 22.2. The predicted molar refractivity (Wildman–Crippen MR) is 130 cm³/mol. The van der Waals surface area contributed by atoms with Gasteiger partial charge in [0.15, 0.2) is 11.5 Å². The number of hydrogen-bond acceptors (Lipinski definition) is 4. The van der Waals surface area contributed by atoms with E-state index in [-0.39, 0.29) is 6.10 Å². The highest BCUT2D eigenvalue weighted by Gasteiger charge is 2.26. The Bertz CT molecular complexity index is 928. The van der Waals surface area contributed by atoms with E-state index in [1.54, 1.807) is 0 Å². The quantitative estimate of drug-likeness (QED) is 0.329. The number of nitrogens with zero attached hydrogens (tertiary/aromatic N) is 2. The first-order valence-electron chi connectivity index (χ1n) is 12.0. The number of fused-ring (bicyclic) bond motifs is 1. The molecular formula is C27H35N2O3+. The standard InChI is InChI=1S/C27H35N2O3/c1-3-4-7-21-8-10-22(11-9-21)27(28-2)32-24(14-17-29-15-5-6-16-29)23-12-13-25-26(20-23)31-19-18-30-25/h8-13,20,24H,2-7,14-19H2,1H3/q+1. The highest BCUT2D eigenvalue weighted by atomic mass is 16.6. The van der Waals surface area contributed by atoms with Gasteiger partial charge in [0.25, 0.3) is 6.72 Å². The van der Waals surface area contributed by atoms with Gasteiger partial charge in [-0.05, 0) is 74.2 Å². The summed E-state index contributed by atoms with van der Waals surface area (Å²) in [5.41, 5.74) is 3.38. The molecule has 5 nitrogen and oxygen atoms in total. The van der Waals surface area contributed by atoms with Gasteiger partial charge in [-0.2, -0.15) is 0 Å². The zero-order valence-corrected chi connectivity index (χ0v) is 19.2. The molecule has 1 atom stereocenters. The molecule has 0 N–H and O–H groups in total. The Morgan fingerprint density at radius 3 is 2.53 bits per heavy atom. The first-order valence-corrected chi connectivity index (χ1v) is 12.0. The van der Waals surface area contributed by atoms with Crippen molar-refractivity contribution < 1.29 is 14.2 Å². The second-order valence-corrected chi connectivity index (χ2v) is 8.61. The molecule has 0 bridgehead atoms. The van der Waals surface area contributed by atoms with Gasteiger partial charge in [0.05, 0.1) is 0 Å². The van der Waals surface area contributed by atoms with Crippen molar-refractivity contribution in [2.75, 3.05) is 32.8 Å². The Morgan fingerprint density at radius 1 is 1.06 bits per heavy atom. The van der Waals surface area contributed by atoms with E-state index >= 15 is 0 Å². The van der Waals surface area contributed by atoms with E-state index in [1.165, 1.54) is 44.3 Å². The SMILES string of the molecule is C=[N+]=C(OC(CCN1CCCC1)c1ccc2c(c1)OCCO2)c1ccc(CCCC)cc1.